The molecule has 1 amide bonds. The molecule has 0 aromatic carbocycles. The molecule has 0 saturated heterocycles. The molecule has 0 aromatic heterocycles. The molecular weight excluding hydrogens is 240 g/mol. The smallest absolute Gasteiger partial charge is 0.224 e. The van der Waals surface area contributed by atoms with Gasteiger partial charge in [0.2, 0.25) is 5.91 Å². The van der Waals surface area contributed by atoms with E-state index in [0.29, 0.717) is 13.0 Å². The molecule has 0 unspecified atom stereocenters. The van der Waals surface area contributed by atoms with Crippen molar-refractivity contribution in [3.63, 3.8) is 0 Å². The highest BCUT2D eigenvalue weighted by molar-refractivity contribution is 5.81. The van der Waals surface area contributed by atoms with Gasteiger partial charge in [0.05, 0.1) is 6.54 Å². The highest BCUT2D eigenvalue weighted by Gasteiger charge is 2.12. The fourth-order valence-electron chi connectivity index (χ4n) is 1.66. The molecule has 0 aliphatic rings. The first-order valence-corrected chi connectivity index (χ1v) is 7.18. The Hall–Kier alpha value is -1.26. The number of guanidine groups is 1. The maximum atomic E-state index is 11.8. The first-order valence-electron chi connectivity index (χ1n) is 7.18. The van der Waals surface area contributed by atoms with Crippen LogP contribution in [0, 0.1) is 0 Å². The Labute approximate surface area is 117 Å². The van der Waals surface area contributed by atoms with Gasteiger partial charge >= 0.3 is 0 Å². The SMILES string of the molecule is CCNC(=NCCC(=O)N(CC)CC)NC(C)(C)C. The molecule has 0 rings (SSSR count). The Morgan fingerprint density at radius 3 is 2.16 bits per heavy atom. The monoisotopic (exact) mass is 270 g/mol. The average Bonchev–Trinajstić information content (AvgIpc) is 2.28. The molecule has 0 aliphatic heterocycles. The molecule has 0 bridgehead atoms. The molecule has 112 valence electrons. The van der Waals surface area contributed by atoms with Crippen LogP contribution >= 0.6 is 0 Å². The topological polar surface area (TPSA) is 56.7 Å². The van der Waals surface area contributed by atoms with Crippen LogP contribution in [0.5, 0.6) is 0 Å². The van der Waals surface area contributed by atoms with Crippen LogP contribution in [-0.4, -0.2) is 48.5 Å². The molecule has 0 atom stereocenters. The zero-order valence-electron chi connectivity index (χ0n) is 13.3. The van der Waals surface area contributed by atoms with Crippen LogP contribution in [0.2, 0.25) is 0 Å². The van der Waals surface area contributed by atoms with Crippen LogP contribution < -0.4 is 10.6 Å². The number of aliphatic imine (C=N–C) groups is 1. The van der Waals surface area contributed by atoms with Crippen molar-refractivity contribution < 1.29 is 4.79 Å². The lowest BCUT2D eigenvalue weighted by atomic mass is 10.1. The fraction of sp³-hybridized carbons (Fsp3) is 0.857. The zero-order chi connectivity index (χ0) is 14.9. The van der Waals surface area contributed by atoms with E-state index in [1.54, 1.807) is 0 Å². The van der Waals surface area contributed by atoms with Gasteiger partial charge in [0.15, 0.2) is 5.96 Å². The lowest BCUT2D eigenvalue weighted by Gasteiger charge is -2.24. The summed E-state index contributed by atoms with van der Waals surface area (Å²) < 4.78 is 0. The summed E-state index contributed by atoms with van der Waals surface area (Å²) in [4.78, 5) is 18.1. The number of carbonyl (C=O) groups is 1. The van der Waals surface area contributed by atoms with E-state index in [-0.39, 0.29) is 11.4 Å². The van der Waals surface area contributed by atoms with Gasteiger partial charge in [0, 0.05) is 31.6 Å². The summed E-state index contributed by atoms with van der Waals surface area (Å²) in [7, 11) is 0. The van der Waals surface area contributed by atoms with Crippen molar-refractivity contribution in [2.75, 3.05) is 26.2 Å². The lowest BCUT2D eigenvalue weighted by molar-refractivity contribution is -0.130. The van der Waals surface area contributed by atoms with E-state index in [1.165, 1.54) is 0 Å². The zero-order valence-corrected chi connectivity index (χ0v) is 13.3. The normalized spacial score (nSPS) is 12.2. The second-order valence-electron chi connectivity index (χ2n) is 5.45. The van der Waals surface area contributed by atoms with Crippen molar-refractivity contribution >= 4 is 11.9 Å². The largest absolute Gasteiger partial charge is 0.357 e. The number of nitrogens with one attached hydrogen (secondary N) is 2. The Kier molecular flexibility index (Phi) is 8.19. The Balaban J connectivity index is 4.35. The number of amides is 1. The second-order valence-corrected chi connectivity index (χ2v) is 5.45. The Bertz CT molecular complexity index is 290. The van der Waals surface area contributed by atoms with Crippen molar-refractivity contribution in [2.45, 2.75) is 53.5 Å². The highest BCUT2D eigenvalue weighted by atomic mass is 16.2. The van der Waals surface area contributed by atoms with Gasteiger partial charge in [0.1, 0.15) is 0 Å². The summed E-state index contributed by atoms with van der Waals surface area (Å²) >= 11 is 0. The van der Waals surface area contributed by atoms with E-state index in [9.17, 15) is 4.79 Å². The Morgan fingerprint density at radius 2 is 1.74 bits per heavy atom. The van der Waals surface area contributed by atoms with Crippen LogP contribution in [0.3, 0.4) is 0 Å². The van der Waals surface area contributed by atoms with Crippen LogP contribution in [0.15, 0.2) is 4.99 Å². The summed E-state index contributed by atoms with van der Waals surface area (Å²) in [5, 5.41) is 6.49. The van der Waals surface area contributed by atoms with Gasteiger partial charge in [-0.2, -0.15) is 0 Å². The van der Waals surface area contributed by atoms with Crippen molar-refractivity contribution in [3.8, 4) is 0 Å². The predicted octanol–water partition coefficient (Wildman–Crippen LogP) is 1.60. The van der Waals surface area contributed by atoms with Crippen molar-refractivity contribution in [1.29, 1.82) is 0 Å². The highest BCUT2D eigenvalue weighted by Crippen LogP contribution is 1.99. The minimum atomic E-state index is -0.0378. The van der Waals surface area contributed by atoms with E-state index >= 15 is 0 Å². The molecule has 0 spiro atoms. The molecule has 2 N–H and O–H groups in total. The molecule has 0 aliphatic carbocycles. The molecule has 5 nitrogen and oxygen atoms in total. The summed E-state index contributed by atoms with van der Waals surface area (Å²) in [5.41, 5.74) is -0.0378. The van der Waals surface area contributed by atoms with Gasteiger partial charge in [-0.1, -0.05) is 0 Å². The van der Waals surface area contributed by atoms with Crippen LogP contribution in [0.1, 0.15) is 48.0 Å². The standard InChI is InChI=1S/C14H30N4O/c1-7-15-13(17-14(4,5)6)16-11-10-12(19)18(8-2)9-3/h7-11H2,1-6H3,(H2,15,16,17). The van der Waals surface area contributed by atoms with E-state index in [4.69, 9.17) is 0 Å². The molecule has 19 heavy (non-hydrogen) atoms. The van der Waals surface area contributed by atoms with Gasteiger partial charge in [-0.15, -0.1) is 0 Å². The summed E-state index contributed by atoms with van der Waals surface area (Å²) in [5.74, 6) is 0.933. The van der Waals surface area contributed by atoms with Gasteiger partial charge in [-0.3, -0.25) is 9.79 Å². The average molecular weight is 270 g/mol. The fourth-order valence-corrected chi connectivity index (χ4v) is 1.66. The third-order valence-corrected chi connectivity index (χ3v) is 2.55. The Morgan fingerprint density at radius 1 is 1.16 bits per heavy atom. The van der Waals surface area contributed by atoms with Gasteiger partial charge in [-0.25, -0.2) is 0 Å². The van der Waals surface area contributed by atoms with Crippen molar-refractivity contribution in [2.24, 2.45) is 4.99 Å². The molecule has 0 heterocycles. The minimum absolute atomic E-state index is 0.0378. The van der Waals surface area contributed by atoms with Crippen molar-refractivity contribution in [3.05, 3.63) is 0 Å². The molecule has 0 fully saturated rings. The van der Waals surface area contributed by atoms with Crippen LogP contribution in [-0.2, 0) is 4.79 Å². The molecule has 0 radical (unpaired) electrons. The maximum absolute atomic E-state index is 11.8. The van der Waals surface area contributed by atoms with Crippen LogP contribution in [0.4, 0.5) is 0 Å². The minimum Gasteiger partial charge on any atom is -0.357 e. The van der Waals surface area contributed by atoms with Crippen molar-refractivity contribution in [1.82, 2.24) is 15.5 Å². The number of carbonyl (C=O) groups excluding carboxylic acids is 1. The number of hydrogen-bond donors (Lipinski definition) is 2. The predicted molar refractivity (Wildman–Crippen MR) is 81.4 cm³/mol. The van der Waals surface area contributed by atoms with Gasteiger partial charge in [-0.05, 0) is 41.5 Å². The molecule has 0 saturated carbocycles. The summed E-state index contributed by atoms with van der Waals surface area (Å²) in [6.07, 6.45) is 0.461. The van der Waals surface area contributed by atoms with Gasteiger partial charge in [0.25, 0.3) is 0 Å². The number of hydrogen-bond acceptors (Lipinski definition) is 2. The van der Waals surface area contributed by atoms with E-state index < -0.39 is 0 Å². The molecule has 0 aromatic rings. The third-order valence-electron chi connectivity index (χ3n) is 2.55. The van der Waals surface area contributed by atoms with Gasteiger partial charge < -0.3 is 15.5 Å². The quantitative estimate of drug-likeness (QED) is 0.569. The summed E-state index contributed by atoms with van der Waals surface area (Å²) in [6.45, 7) is 15.1. The van der Waals surface area contributed by atoms with E-state index in [1.807, 2.05) is 25.7 Å². The maximum Gasteiger partial charge on any atom is 0.224 e. The van der Waals surface area contributed by atoms with Crippen LogP contribution in [0.25, 0.3) is 0 Å². The first kappa shape index (κ1) is 17.7. The third kappa shape index (κ3) is 8.46. The number of rotatable bonds is 6. The summed E-state index contributed by atoms with van der Waals surface area (Å²) in [6, 6.07) is 0. The first-order chi connectivity index (χ1) is 8.84. The number of nitrogens with zero attached hydrogens (tertiary/aromatic N) is 2. The van der Waals surface area contributed by atoms with E-state index in [2.05, 4.69) is 36.4 Å². The van der Waals surface area contributed by atoms with E-state index in [0.717, 1.165) is 25.6 Å². The molecule has 5 heteroatoms. The molecular formula is C14H30N4O. The lowest BCUT2D eigenvalue weighted by Crippen LogP contribution is -2.47. The second kappa shape index (κ2) is 8.77.